The van der Waals surface area contributed by atoms with Gasteiger partial charge in [0.05, 0.1) is 12.8 Å². The van der Waals surface area contributed by atoms with Crippen LogP contribution in [-0.2, 0) is 0 Å². The number of benzene rings is 2. The molecule has 21 heavy (non-hydrogen) atoms. The van der Waals surface area contributed by atoms with Gasteiger partial charge in [-0.1, -0.05) is 6.07 Å². The van der Waals surface area contributed by atoms with Crippen LogP contribution in [0.4, 0.5) is 5.69 Å². The van der Waals surface area contributed by atoms with Gasteiger partial charge in [0.15, 0.2) is 5.82 Å². The first-order valence-corrected chi connectivity index (χ1v) is 6.96. The molecule has 2 N–H and O–H groups in total. The van der Waals surface area contributed by atoms with Crippen molar-refractivity contribution in [3.05, 3.63) is 46.9 Å². The Hall–Kier alpha value is -2.41. The fraction of sp³-hybridized carbons (Fsp3) is 0.0714. The molecule has 3 rings (SSSR count). The van der Waals surface area contributed by atoms with E-state index in [1.54, 1.807) is 11.8 Å². The van der Waals surface area contributed by atoms with Gasteiger partial charge in [-0.3, -0.25) is 0 Å². The van der Waals surface area contributed by atoms with Crippen LogP contribution in [0.15, 0.2) is 46.9 Å². The Morgan fingerprint density at radius 1 is 1.19 bits per heavy atom. The average molecular weight is 346 g/mol. The Bertz CT molecular complexity index is 787. The summed E-state index contributed by atoms with van der Waals surface area (Å²) < 4.78 is 7.71. The van der Waals surface area contributed by atoms with Crippen molar-refractivity contribution in [2.45, 2.75) is 0 Å². The summed E-state index contributed by atoms with van der Waals surface area (Å²) in [5.74, 6) is 1.35. The minimum atomic E-state index is 0.613. The predicted molar refractivity (Wildman–Crippen MR) is 83.3 cm³/mol. The van der Waals surface area contributed by atoms with E-state index in [1.165, 1.54) is 0 Å². The van der Waals surface area contributed by atoms with Gasteiger partial charge in [0.25, 0.3) is 0 Å². The van der Waals surface area contributed by atoms with Gasteiger partial charge in [0.1, 0.15) is 5.75 Å². The Morgan fingerprint density at radius 2 is 2.05 bits per heavy atom. The molecule has 3 aromatic rings. The molecular weight excluding hydrogens is 334 g/mol. The van der Waals surface area contributed by atoms with Crippen molar-refractivity contribution in [1.29, 1.82) is 0 Å². The molecule has 0 aliphatic rings. The van der Waals surface area contributed by atoms with Crippen molar-refractivity contribution in [1.82, 2.24) is 20.2 Å². The number of tetrazole rings is 1. The second kappa shape index (κ2) is 5.53. The van der Waals surface area contributed by atoms with E-state index in [-0.39, 0.29) is 0 Å². The zero-order valence-electron chi connectivity index (χ0n) is 11.2. The molecule has 0 aliphatic heterocycles. The number of methoxy groups -OCH3 is 1. The number of hydrogen-bond donors (Lipinski definition) is 1. The van der Waals surface area contributed by atoms with Crippen molar-refractivity contribution in [2.75, 3.05) is 12.8 Å². The van der Waals surface area contributed by atoms with Crippen LogP contribution in [0.3, 0.4) is 0 Å². The first-order valence-electron chi connectivity index (χ1n) is 6.17. The topological polar surface area (TPSA) is 78.8 Å². The van der Waals surface area contributed by atoms with Gasteiger partial charge in [-0.05, 0) is 56.7 Å². The monoisotopic (exact) mass is 345 g/mol. The number of ether oxygens (including phenoxy) is 1. The third kappa shape index (κ3) is 2.59. The van der Waals surface area contributed by atoms with Crippen molar-refractivity contribution in [3.8, 4) is 22.8 Å². The third-order valence-corrected chi connectivity index (χ3v) is 3.74. The predicted octanol–water partition coefficient (Wildman–Crippen LogP) is 2.68. The van der Waals surface area contributed by atoms with Crippen LogP contribution >= 0.6 is 15.9 Å². The highest BCUT2D eigenvalue weighted by Crippen LogP contribution is 2.27. The maximum Gasteiger partial charge on any atom is 0.187 e. The van der Waals surface area contributed by atoms with E-state index >= 15 is 0 Å². The van der Waals surface area contributed by atoms with E-state index in [0.29, 0.717) is 11.5 Å². The molecule has 0 saturated carbocycles. The highest BCUT2D eigenvalue weighted by atomic mass is 79.9. The number of halogens is 1. The average Bonchev–Trinajstić information content (AvgIpc) is 2.99. The normalized spacial score (nSPS) is 10.6. The number of hydrogen-bond acceptors (Lipinski definition) is 5. The van der Waals surface area contributed by atoms with Gasteiger partial charge in [-0.15, -0.1) is 5.10 Å². The molecule has 0 atom stereocenters. The number of nitrogens with two attached hydrogens (primary N) is 1. The minimum absolute atomic E-state index is 0.613. The van der Waals surface area contributed by atoms with Crippen LogP contribution < -0.4 is 10.5 Å². The maximum atomic E-state index is 5.92. The molecule has 2 aromatic carbocycles. The number of anilines is 1. The van der Waals surface area contributed by atoms with E-state index in [9.17, 15) is 0 Å². The summed E-state index contributed by atoms with van der Waals surface area (Å²) in [5.41, 5.74) is 8.20. The fourth-order valence-corrected chi connectivity index (χ4v) is 2.21. The maximum absolute atomic E-state index is 5.92. The molecule has 0 aliphatic carbocycles. The van der Waals surface area contributed by atoms with Crippen LogP contribution in [0.25, 0.3) is 17.1 Å². The SMILES string of the molecule is COc1cccc(-n2nnnc2-c2ccc(Br)c(N)c2)c1. The molecule has 0 fully saturated rings. The second-order valence-corrected chi connectivity index (χ2v) is 5.21. The molecule has 0 bridgehead atoms. The fourth-order valence-electron chi connectivity index (χ4n) is 1.97. The highest BCUT2D eigenvalue weighted by molar-refractivity contribution is 9.10. The van der Waals surface area contributed by atoms with Gasteiger partial charge < -0.3 is 10.5 Å². The number of aromatic nitrogens is 4. The highest BCUT2D eigenvalue weighted by Gasteiger charge is 2.12. The van der Waals surface area contributed by atoms with Crippen LogP contribution in [-0.4, -0.2) is 27.3 Å². The number of nitrogen functional groups attached to an aromatic ring is 1. The van der Waals surface area contributed by atoms with Crippen LogP contribution in [0.1, 0.15) is 0 Å². The molecule has 0 spiro atoms. The summed E-state index contributed by atoms with van der Waals surface area (Å²) in [6, 6.07) is 13.1. The molecular formula is C14H12BrN5O. The minimum Gasteiger partial charge on any atom is -0.497 e. The van der Waals surface area contributed by atoms with E-state index in [1.807, 2.05) is 42.5 Å². The van der Waals surface area contributed by atoms with Crippen LogP contribution in [0.5, 0.6) is 5.75 Å². The molecule has 0 unspecified atom stereocenters. The lowest BCUT2D eigenvalue weighted by Crippen LogP contribution is -2.00. The molecule has 6 nitrogen and oxygen atoms in total. The number of nitrogens with zero attached hydrogens (tertiary/aromatic N) is 4. The zero-order valence-corrected chi connectivity index (χ0v) is 12.8. The number of rotatable bonds is 3. The quantitative estimate of drug-likeness (QED) is 0.738. The van der Waals surface area contributed by atoms with Crippen LogP contribution in [0, 0.1) is 0 Å². The summed E-state index contributed by atoms with van der Waals surface area (Å²) in [6.45, 7) is 0. The van der Waals surface area contributed by atoms with E-state index in [0.717, 1.165) is 21.5 Å². The summed E-state index contributed by atoms with van der Waals surface area (Å²) >= 11 is 3.37. The second-order valence-electron chi connectivity index (χ2n) is 4.35. The summed E-state index contributed by atoms with van der Waals surface area (Å²) in [7, 11) is 1.62. The first-order chi connectivity index (χ1) is 10.2. The Labute approximate surface area is 129 Å². The Balaban J connectivity index is 2.09. The van der Waals surface area contributed by atoms with Gasteiger partial charge in [0, 0.05) is 21.8 Å². The largest absolute Gasteiger partial charge is 0.497 e. The molecule has 0 saturated heterocycles. The summed E-state index contributed by atoms with van der Waals surface area (Å²) in [6.07, 6.45) is 0. The Morgan fingerprint density at radius 3 is 2.81 bits per heavy atom. The molecule has 7 heteroatoms. The van der Waals surface area contributed by atoms with Gasteiger partial charge in [-0.25, -0.2) is 0 Å². The van der Waals surface area contributed by atoms with Crippen molar-refractivity contribution < 1.29 is 4.74 Å². The molecule has 0 radical (unpaired) electrons. The smallest absolute Gasteiger partial charge is 0.187 e. The molecule has 1 aromatic heterocycles. The third-order valence-electron chi connectivity index (χ3n) is 3.02. The lowest BCUT2D eigenvalue weighted by Gasteiger charge is -2.07. The van der Waals surface area contributed by atoms with E-state index in [2.05, 4.69) is 31.5 Å². The lowest BCUT2D eigenvalue weighted by molar-refractivity contribution is 0.414. The van der Waals surface area contributed by atoms with Gasteiger partial charge >= 0.3 is 0 Å². The zero-order chi connectivity index (χ0) is 14.8. The van der Waals surface area contributed by atoms with Crippen molar-refractivity contribution >= 4 is 21.6 Å². The van der Waals surface area contributed by atoms with E-state index in [4.69, 9.17) is 10.5 Å². The summed E-state index contributed by atoms with van der Waals surface area (Å²) in [5, 5.41) is 11.9. The van der Waals surface area contributed by atoms with Gasteiger partial charge in [-0.2, -0.15) is 4.68 Å². The van der Waals surface area contributed by atoms with Gasteiger partial charge in [0.2, 0.25) is 0 Å². The Kier molecular flexibility index (Phi) is 3.57. The molecule has 106 valence electrons. The van der Waals surface area contributed by atoms with Crippen molar-refractivity contribution in [3.63, 3.8) is 0 Å². The summed E-state index contributed by atoms with van der Waals surface area (Å²) in [4.78, 5) is 0. The standard InChI is InChI=1S/C14H12BrN5O/c1-21-11-4-2-3-10(8-11)20-14(17-18-19-20)9-5-6-12(15)13(16)7-9/h2-8H,16H2,1H3. The molecule has 1 heterocycles. The van der Waals surface area contributed by atoms with E-state index < -0.39 is 0 Å². The lowest BCUT2D eigenvalue weighted by atomic mass is 10.2. The van der Waals surface area contributed by atoms with Crippen LogP contribution in [0.2, 0.25) is 0 Å². The first kappa shape index (κ1) is 13.6. The molecule has 0 amide bonds. The van der Waals surface area contributed by atoms with Crippen molar-refractivity contribution in [2.24, 2.45) is 0 Å².